The fourth-order valence-corrected chi connectivity index (χ4v) is 3.30. The Balaban J connectivity index is 2.00. The second-order valence-corrected chi connectivity index (χ2v) is 8.33. The van der Waals surface area contributed by atoms with E-state index in [1.165, 1.54) is 5.56 Å². The predicted octanol–water partition coefficient (Wildman–Crippen LogP) is 4.35. The summed E-state index contributed by atoms with van der Waals surface area (Å²) in [5.41, 5.74) is 0.608. The number of carbonyl (C=O) groups excluding carboxylic acids is 2. The van der Waals surface area contributed by atoms with Crippen LogP contribution in [-0.2, 0) is 9.53 Å². The second kappa shape index (κ2) is 8.76. The number of ether oxygens (including phenoxy) is 1. The van der Waals surface area contributed by atoms with Crippen LogP contribution < -0.4 is 5.32 Å². The summed E-state index contributed by atoms with van der Waals surface area (Å²) in [7, 11) is 0. The van der Waals surface area contributed by atoms with E-state index < -0.39 is 17.7 Å². The molecule has 0 bridgehead atoms. The van der Waals surface area contributed by atoms with Crippen molar-refractivity contribution in [3.8, 4) is 0 Å². The molecule has 0 spiro atoms. The fraction of sp³-hybridized carbons (Fsp3) is 0.600. The zero-order chi connectivity index (χ0) is 19.3. The van der Waals surface area contributed by atoms with Gasteiger partial charge in [-0.1, -0.05) is 30.2 Å². The normalized spacial score (nSPS) is 19.4. The number of rotatable bonds is 3. The smallest absolute Gasteiger partial charge is 0.408 e. The molecule has 1 heterocycles. The first kappa shape index (κ1) is 20.6. The van der Waals surface area contributed by atoms with Gasteiger partial charge in [-0.05, 0) is 58.2 Å². The summed E-state index contributed by atoms with van der Waals surface area (Å²) in [6.45, 7) is 8.46. The number of nitrogens with zero attached hydrogens (tertiary/aromatic N) is 1. The molecule has 2 atom stereocenters. The van der Waals surface area contributed by atoms with Crippen LogP contribution in [0.3, 0.4) is 0 Å². The van der Waals surface area contributed by atoms with Crippen LogP contribution in [0.1, 0.15) is 58.4 Å². The van der Waals surface area contributed by atoms with Gasteiger partial charge in [0.1, 0.15) is 11.6 Å². The molecule has 0 saturated carbocycles. The van der Waals surface area contributed by atoms with Crippen molar-refractivity contribution >= 4 is 23.6 Å². The third-order valence-electron chi connectivity index (χ3n) is 4.43. The minimum atomic E-state index is -0.617. The van der Waals surface area contributed by atoms with Crippen LogP contribution in [0.5, 0.6) is 0 Å². The first-order valence-corrected chi connectivity index (χ1v) is 9.57. The molecule has 1 N–H and O–H groups in total. The van der Waals surface area contributed by atoms with Gasteiger partial charge >= 0.3 is 6.09 Å². The molecule has 26 heavy (non-hydrogen) atoms. The van der Waals surface area contributed by atoms with Gasteiger partial charge in [-0.15, -0.1) is 0 Å². The van der Waals surface area contributed by atoms with Crippen molar-refractivity contribution in [3.63, 3.8) is 0 Å². The van der Waals surface area contributed by atoms with Crippen LogP contribution in [0.25, 0.3) is 0 Å². The highest BCUT2D eigenvalue weighted by Crippen LogP contribution is 2.27. The fourth-order valence-electron chi connectivity index (χ4n) is 3.17. The molecule has 1 aliphatic heterocycles. The molecule has 2 rings (SSSR count). The molecule has 0 aromatic heterocycles. The summed E-state index contributed by atoms with van der Waals surface area (Å²) < 4.78 is 5.24. The van der Waals surface area contributed by atoms with Gasteiger partial charge in [0.05, 0.1) is 0 Å². The zero-order valence-corrected chi connectivity index (χ0v) is 16.8. The number of amides is 2. The summed E-state index contributed by atoms with van der Waals surface area (Å²) in [4.78, 5) is 26.6. The van der Waals surface area contributed by atoms with Crippen molar-refractivity contribution in [2.24, 2.45) is 0 Å². The monoisotopic (exact) mass is 380 g/mol. The van der Waals surface area contributed by atoms with E-state index in [1.54, 1.807) is 27.7 Å². The number of halogens is 1. The van der Waals surface area contributed by atoms with Gasteiger partial charge in [0.15, 0.2) is 0 Å². The highest BCUT2D eigenvalue weighted by atomic mass is 35.5. The van der Waals surface area contributed by atoms with Crippen molar-refractivity contribution in [2.75, 3.05) is 13.1 Å². The highest BCUT2D eigenvalue weighted by molar-refractivity contribution is 6.30. The summed E-state index contributed by atoms with van der Waals surface area (Å²) in [5, 5.41) is 3.36. The van der Waals surface area contributed by atoms with Crippen molar-refractivity contribution in [3.05, 3.63) is 34.9 Å². The van der Waals surface area contributed by atoms with Gasteiger partial charge in [-0.3, -0.25) is 4.79 Å². The number of hydrogen-bond donors (Lipinski definition) is 1. The van der Waals surface area contributed by atoms with Crippen LogP contribution >= 0.6 is 11.6 Å². The van der Waals surface area contributed by atoms with Crippen LogP contribution in [0.2, 0.25) is 5.02 Å². The average molecular weight is 381 g/mol. The third-order valence-corrected chi connectivity index (χ3v) is 4.68. The van der Waals surface area contributed by atoms with Crippen molar-refractivity contribution in [1.29, 1.82) is 0 Å². The van der Waals surface area contributed by atoms with E-state index in [9.17, 15) is 9.59 Å². The predicted molar refractivity (Wildman–Crippen MR) is 103 cm³/mol. The lowest BCUT2D eigenvalue weighted by atomic mass is 9.94. The van der Waals surface area contributed by atoms with Gasteiger partial charge in [-0.25, -0.2) is 4.79 Å². The highest BCUT2D eigenvalue weighted by Gasteiger charge is 2.28. The molecule has 1 aromatic rings. The average Bonchev–Trinajstić information content (AvgIpc) is 2.79. The Morgan fingerprint density at radius 3 is 2.50 bits per heavy atom. The maximum atomic E-state index is 12.8. The minimum Gasteiger partial charge on any atom is -0.444 e. The van der Waals surface area contributed by atoms with E-state index in [0.717, 1.165) is 19.3 Å². The second-order valence-electron chi connectivity index (χ2n) is 7.90. The molecule has 1 saturated heterocycles. The maximum absolute atomic E-state index is 12.8. The van der Waals surface area contributed by atoms with E-state index >= 15 is 0 Å². The van der Waals surface area contributed by atoms with Crippen LogP contribution in [0, 0.1) is 0 Å². The molecule has 2 unspecified atom stereocenters. The van der Waals surface area contributed by atoms with Crippen LogP contribution in [0.15, 0.2) is 24.3 Å². The van der Waals surface area contributed by atoms with Gasteiger partial charge in [0.25, 0.3) is 0 Å². The number of hydrogen-bond acceptors (Lipinski definition) is 3. The first-order valence-electron chi connectivity index (χ1n) is 9.19. The van der Waals surface area contributed by atoms with Crippen molar-refractivity contribution < 1.29 is 14.3 Å². The molecule has 0 aliphatic carbocycles. The van der Waals surface area contributed by atoms with E-state index in [1.807, 2.05) is 29.2 Å². The lowest BCUT2D eigenvalue weighted by molar-refractivity contribution is -0.133. The zero-order valence-electron chi connectivity index (χ0n) is 16.0. The first-order chi connectivity index (χ1) is 12.2. The van der Waals surface area contributed by atoms with E-state index in [0.29, 0.717) is 18.1 Å². The van der Waals surface area contributed by atoms with Gasteiger partial charge in [0, 0.05) is 24.0 Å². The largest absolute Gasteiger partial charge is 0.444 e. The van der Waals surface area contributed by atoms with E-state index in [2.05, 4.69) is 5.32 Å². The summed E-state index contributed by atoms with van der Waals surface area (Å²) in [6.07, 6.45) is 2.52. The van der Waals surface area contributed by atoms with Gasteiger partial charge < -0.3 is 15.0 Å². The lowest BCUT2D eigenvalue weighted by Gasteiger charge is -2.28. The van der Waals surface area contributed by atoms with E-state index in [-0.39, 0.29) is 11.8 Å². The van der Waals surface area contributed by atoms with Crippen LogP contribution in [0.4, 0.5) is 4.79 Å². The Hall–Kier alpha value is -1.75. The summed E-state index contributed by atoms with van der Waals surface area (Å²) >= 11 is 5.98. The van der Waals surface area contributed by atoms with Crippen molar-refractivity contribution in [1.82, 2.24) is 10.2 Å². The Bertz CT molecular complexity index is 625. The molecule has 6 heteroatoms. The molecule has 1 fully saturated rings. The molecular weight excluding hydrogens is 352 g/mol. The number of alkyl carbamates (subject to hydrolysis) is 1. The number of likely N-dealkylation sites (tertiary alicyclic amines) is 1. The summed E-state index contributed by atoms with van der Waals surface area (Å²) in [5.74, 6) is 0.212. The number of nitrogens with one attached hydrogen (secondary N) is 1. The number of benzene rings is 1. The van der Waals surface area contributed by atoms with E-state index in [4.69, 9.17) is 16.3 Å². The molecule has 1 aromatic carbocycles. The lowest BCUT2D eigenvalue weighted by Crippen LogP contribution is -2.49. The quantitative estimate of drug-likeness (QED) is 0.848. The molecule has 144 valence electrons. The topological polar surface area (TPSA) is 58.6 Å². The Morgan fingerprint density at radius 2 is 1.88 bits per heavy atom. The molecule has 2 amide bonds. The van der Waals surface area contributed by atoms with Crippen molar-refractivity contribution in [2.45, 2.75) is 64.5 Å². The van der Waals surface area contributed by atoms with Gasteiger partial charge in [-0.2, -0.15) is 0 Å². The van der Waals surface area contributed by atoms with Gasteiger partial charge in [0.2, 0.25) is 5.91 Å². The Labute approximate surface area is 161 Å². The Morgan fingerprint density at radius 1 is 1.23 bits per heavy atom. The Kier molecular flexibility index (Phi) is 6.93. The molecule has 1 aliphatic rings. The molecule has 0 radical (unpaired) electrons. The maximum Gasteiger partial charge on any atom is 0.408 e. The molecular formula is C20H29ClN2O3. The minimum absolute atomic E-state index is 0.0725. The molecule has 5 nitrogen and oxygen atoms in total. The third kappa shape index (κ3) is 6.20. The SMILES string of the molecule is CC(NC(=O)OC(C)(C)C)C(=O)N1CCCCC(c2ccc(Cl)cc2)C1. The summed E-state index contributed by atoms with van der Waals surface area (Å²) in [6, 6.07) is 7.22. The van der Waals surface area contributed by atoms with Crippen LogP contribution in [-0.4, -0.2) is 41.6 Å². The number of carbonyl (C=O) groups is 2. The standard InChI is InChI=1S/C20H29ClN2O3/c1-14(22-19(25)26-20(2,3)4)18(24)23-12-6-5-7-16(13-23)15-8-10-17(21)11-9-15/h8-11,14,16H,5-7,12-13H2,1-4H3,(H,22,25).